The van der Waals surface area contributed by atoms with Crippen molar-refractivity contribution in [2.45, 2.75) is 31.8 Å². The van der Waals surface area contributed by atoms with Gasteiger partial charge >= 0.3 is 12.4 Å². The second-order valence-electron chi connectivity index (χ2n) is 5.30. The van der Waals surface area contributed by atoms with Gasteiger partial charge < -0.3 is 10.0 Å². The highest BCUT2D eigenvalue weighted by Crippen LogP contribution is 2.50. The summed E-state index contributed by atoms with van der Waals surface area (Å²) in [4.78, 5) is 12.9. The molecule has 0 aromatic heterocycles. The zero-order valence-corrected chi connectivity index (χ0v) is 12.5. The number of aliphatic hydroxyl groups is 1. The first-order chi connectivity index (χ1) is 10.2. The monoisotopic (exact) mass is 343 g/mol. The Morgan fingerprint density at radius 1 is 1.00 bits per heavy atom. The Balaban J connectivity index is 3.28. The largest absolute Gasteiger partial charge is 0.430 e. The van der Waals surface area contributed by atoms with Gasteiger partial charge in [0.1, 0.15) is 0 Å². The molecule has 0 aliphatic carbocycles. The minimum Gasteiger partial charge on any atom is -0.369 e. The molecule has 0 aliphatic heterocycles. The number of carbonyl (C=O) groups excluding carboxylic acids is 1. The third kappa shape index (κ3) is 3.44. The molecule has 1 aromatic rings. The molecule has 0 unspecified atom stereocenters. The Morgan fingerprint density at radius 3 is 1.70 bits per heavy atom. The number of carbonyl (C=O) groups is 1. The van der Waals surface area contributed by atoms with Gasteiger partial charge in [-0.2, -0.15) is 26.3 Å². The number of hydrogen-bond acceptors (Lipinski definition) is 2. The molecule has 0 aliphatic rings. The van der Waals surface area contributed by atoms with E-state index in [1.54, 1.807) is 13.8 Å². The van der Waals surface area contributed by atoms with Gasteiger partial charge in [0.05, 0.1) is 0 Å². The molecular weight excluding hydrogens is 328 g/mol. The van der Waals surface area contributed by atoms with Crippen LogP contribution in [0.2, 0.25) is 0 Å². The van der Waals surface area contributed by atoms with E-state index in [0.29, 0.717) is 12.1 Å². The molecule has 0 fully saturated rings. The topological polar surface area (TPSA) is 40.5 Å². The molecule has 0 bridgehead atoms. The van der Waals surface area contributed by atoms with Crippen molar-refractivity contribution in [2.24, 2.45) is 5.92 Å². The molecule has 3 nitrogen and oxygen atoms in total. The Kier molecular flexibility index (Phi) is 5.05. The van der Waals surface area contributed by atoms with Crippen molar-refractivity contribution in [1.82, 2.24) is 0 Å². The molecule has 0 radical (unpaired) electrons. The van der Waals surface area contributed by atoms with Crippen molar-refractivity contribution < 1.29 is 36.2 Å². The molecule has 1 amide bonds. The van der Waals surface area contributed by atoms with Crippen molar-refractivity contribution in [1.29, 1.82) is 0 Å². The zero-order chi connectivity index (χ0) is 18.2. The lowest BCUT2D eigenvalue weighted by atomic mass is 9.92. The summed E-state index contributed by atoms with van der Waals surface area (Å²) in [7, 11) is 1.34. The summed E-state index contributed by atoms with van der Waals surface area (Å²) in [6.45, 7) is 3.19. The van der Waals surface area contributed by atoms with Crippen LogP contribution in [0.25, 0.3) is 0 Å². The van der Waals surface area contributed by atoms with Crippen LogP contribution in [0.15, 0.2) is 24.3 Å². The Hall–Kier alpha value is -1.77. The molecule has 23 heavy (non-hydrogen) atoms. The highest BCUT2D eigenvalue weighted by atomic mass is 19.4. The molecule has 0 saturated heterocycles. The summed E-state index contributed by atoms with van der Waals surface area (Å²) < 4.78 is 76.5. The van der Waals surface area contributed by atoms with E-state index < -0.39 is 29.4 Å². The lowest BCUT2D eigenvalue weighted by molar-refractivity contribution is -0.376. The molecule has 1 aromatic carbocycles. The summed E-state index contributed by atoms with van der Waals surface area (Å²) in [5.74, 6) is -0.762. The van der Waals surface area contributed by atoms with Crippen molar-refractivity contribution in [3.8, 4) is 0 Å². The van der Waals surface area contributed by atoms with Crippen LogP contribution < -0.4 is 4.90 Å². The van der Waals surface area contributed by atoms with Gasteiger partial charge in [-0.25, -0.2) is 0 Å². The number of benzene rings is 1. The van der Waals surface area contributed by atoms with E-state index in [1.165, 1.54) is 7.05 Å². The summed E-state index contributed by atoms with van der Waals surface area (Å²) in [5, 5.41) is 9.25. The summed E-state index contributed by atoms with van der Waals surface area (Å²) in [5.41, 5.74) is -6.23. The van der Waals surface area contributed by atoms with Crippen LogP contribution in [0.3, 0.4) is 0 Å². The average molecular weight is 343 g/mol. The van der Waals surface area contributed by atoms with E-state index in [4.69, 9.17) is 0 Å². The van der Waals surface area contributed by atoms with E-state index in [2.05, 4.69) is 0 Å². The molecule has 9 heteroatoms. The Morgan fingerprint density at radius 2 is 1.39 bits per heavy atom. The normalized spacial score (nSPS) is 13.3. The Labute approximate surface area is 128 Å². The van der Waals surface area contributed by atoms with E-state index in [9.17, 15) is 36.2 Å². The van der Waals surface area contributed by atoms with Crippen LogP contribution >= 0.6 is 0 Å². The van der Waals surface area contributed by atoms with Gasteiger partial charge in [-0.15, -0.1) is 0 Å². The number of halogens is 6. The first-order valence-corrected chi connectivity index (χ1v) is 6.47. The fourth-order valence-electron chi connectivity index (χ4n) is 1.93. The number of nitrogens with zero attached hydrogens (tertiary/aromatic N) is 1. The fraction of sp³-hybridized carbons (Fsp3) is 0.500. The summed E-state index contributed by atoms with van der Waals surface area (Å²) in [6, 6.07) is 2.83. The van der Waals surface area contributed by atoms with Gasteiger partial charge in [0.25, 0.3) is 5.60 Å². The maximum atomic E-state index is 12.7. The fourth-order valence-corrected chi connectivity index (χ4v) is 1.93. The van der Waals surface area contributed by atoms with E-state index in [0.717, 1.165) is 17.0 Å². The predicted molar refractivity (Wildman–Crippen MR) is 70.7 cm³/mol. The molecule has 1 N–H and O–H groups in total. The number of rotatable bonds is 3. The van der Waals surface area contributed by atoms with Crippen molar-refractivity contribution in [3.63, 3.8) is 0 Å². The highest BCUT2D eigenvalue weighted by Gasteiger charge is 2.71. The van der Waals surface area contributed by atoms with Crippen LogP contribution in [0, 0.1) is 5.92 Å². The minimum absolute atomic E-state index is 0.110. The van der Waals surface area contributed by atoms with Gasteiger partial charge in [-0.1, -0.05) is 26.0 Å². The van der Waals surface area contributed by atoms with Gasteiger partial charge in [-0.05, 0) is 12.1 Å². The van der Waals surface area contributed by atoms with Crippen LogP contribution in [0.1, 0.15) is 19.4 Å². The van der Waals surface area contributed by atoms with Crippen LogP contribution in [-0.2, 0) is 10.4 Å². The van der Waals surface area contributed by atoms with Gasteiger partial charge in [0, 0.05) is 24.2 Å². The second kappa shape index (κ2) is 6.03. The minimum atomic E-state index is -5.94. The average Bonchev–Trinajstić information content (AvgIpc) is 2.42. The molecule has 130 valence electrons. The molecule has 0 saturated carbocycles. The van der Waals surface area contributed by atoms with Gasteiger partial charge in [0.2, 0.25) is 5.91 Å². The van der Waals surface area contributed by atoms with Gasteiger partial charge in [-0.3, -0.25) is 4.79 Å². The smallest absolute Gasteiger partial charge is 0.369 e. The van der Waals surface area contributed by atoms with Crippen LogP contribution in [-0.4, -0.2) is 30.4 Å². The van der Waals surface area contributed by atoms with E-state index in [1.807, 2.05) is 0 Å². The maximum Gasteiger partial charge on any atom is 0.430 e. The van der Waals surface area contributed by atoms with Crippen molar-refractivity contribution in [3.05, 3.63) is 29.8 Å². The van der Waals surface area contributed by atoms with Crippen LogP contribution in [0.5, 0.6) is 0 Å². The first-order valence-electron chi connectivity index (χ1n) is 6.47. The lowest BCUT2D eigenvalue weighted by Crippen LogP contribution is -2.53. The molecular formula is C14H15F6NO2. The molecule has 1 rings (SSSR count). The van der Waals surface area contributed by atoms with Gasteiger partial charge in [0.15, 0.2) is 0 Å². The summed E-state index contributed by atoms with van der Waals surface area (Å²) in [6.07, 6.45) is -11.9. The lowest BCUT2D eigenvalue weighted by Gasteiger charge is -2.33. The molecule has 0 spiro atoms. The number of amides is 1. The third-order valence-corrected chi connectivity index (χ3v) is 3.32. The quantitative estimate of drug-likeness (QED) is 0.852. The maximum absolute atomic E-state index is 12.7. The Bertz CT molecular complexity index is 548. The molecule has 0 heterocycles. The number of alkyl halides is 6. The molecule has 0 atom stereocenters. The number of anilines is 1. The van der Waals surface area contributed by atoms with Crippen molar-refractivity contribution >= 4 is 11.6 Å². The first kappa shape index (κ1) is 19.3. The SMILES string of the molecule is CC(C)C(=O)N(C)c1ccc(C(O)(C(F)(F)F)C(F)(F)F)cc1. The summed E-state index contributed by atoms with van der Waals surface area (Å²) >= 11 is 0. The standard InChI is InChI=1S/C14H15F6NO2/c1-8(2)11(22)21(3)10-6-4-9(5-7-10)12(23,13(15,16)17)14(18,19)20/h4-8,23H,1-3H3. The van der Waals surface area contributed by atoms with E-state index >= 15 is 0 Å². The van der Waals surface area contributed by atoms with Crippen LogP contribution in [0.4, 0.5) is 32.0 Å². The third-order valence-electron chi connectivity index (χ3n) is 3.32. The predicted octanol–water partition coefficient (Wildman–Crippen LogP) is 3.62. The van der Waals surface area contributed by atoms with Crippen molar-refractivity contribution in [2.75, 3.05) is 11.9 Å². The second-order valence-corrected chi connectivity index (χ2v) is 5.30. The number of hydrogen-bond donors (Lipinski definition) is 1. The highest BCUT2D eigenvalue weighted by molar-refractivity contribution is 5.94. The zero-order valence-electron chi connectivity index (χ0n) is 12.5. The van der Waals surface area contributed by atoms with E-state index in [-0.39, 0.29) is 11.6 Å².